The lowest BCUT2D eigenvalue weighted by molar-refractivity contribution is -0.132. The maximum absolute atomic E-state index is 10.4. The van der Waals surface area contributed by atoms with Gasteiger partial charge in [-0.3, -0.25) is 0 Å². The fourth-order valence-electron chi connectivity index (χ4n) is 2.30. The Hall–Kier alpha value is -0.530. The van der Waals surface area contributed by atoms with E-state index in [4.69, 9.17) is 11.6 Å². The fourth-order valence-corrected chi connectivity index (χ4v) is 2.49. The van der Waals surface area contributed by atoms with Crippen molar-refractivity contribution in [2.75, 3.05) is 0 Å². The van der Waals surface area contributed by atoms with Crippen LogP contribution in [0.15, 0.2) is 24.3 Å². The van der Waals surface area contributed by atoms with Gasteiger partial charge in [-0.15, -0.1) is 0 Å². The molecule has 3 unspecified atom stereocenters. The Kier molecular flexibility index (Phi) is 2.32. The monoisotopic (exact) mass is 210 g/mol. The highest BCUT2D eigenvalue weighted by molar-refractivity contribution is 6.30. The summed E-state index contributed by atoms with van der Waals surface area (Å²) in [6.07, 6.45) is 0.842. The molecule has 1 aliphatic carbocycles. The highest BCUT2D eigenvalue weighted by Crippen LogP contribution is 2.50. The Labute approximate surface area is 89.7 Å². The SMILES string of the molecule is CC1CC(O)(c2cccc(Cl)c2)C1C. The van der Waals surface area contributed by atoms with Gasteiger partial charge in [0.1, 0.15) is 0 Å². The molecule has 2 rings (SSSR count). The van der Waals surface area contributed by atoms with Crippen LogP contribution in [-0.4, -0.2) is 5.11 Å². The van der Waals surface area contributed by atoms with E-state index in [1.165, 1.54) is 0 Å². The van der Waals surface area contributed by atoms with Gasteiger partial charge >= 0.3 is 0 Å². The Bertz CT molecular complexity index is 350. The van der Waals surface area contributed by atoms with Crippen molar-refractivity contribution in [3.8, 4) is 0 Å². The number of hydrogen-bond acceptors (Lipinski definition) is 1. The molecule has 0 bridgehead atoms. The minimum absolute atomic E-state index is 0.320. The van der Waals surface area contributed by atoms with Gasteiger partial charge < -0.3 is 5.11 Å². The largest absolute Gasteiger partial charge is 0.385 e. The fraction of sp³-hybridized carbons (Fsp3) is 0.500. The smallest absolute Gasteiger partial charge is 0.0927 e. The lowest BCUT2D eigenvalue weighted by Gasteiger charge is -2.49. The molecule has 76 valence electrons. The van der Waals surface area contributed by atoms with Gasteiger partial charge in [0.2, 0.25) is 0 Å². The van der Waals surface area contributed by atoms with Crippen LogP contribution in [0.1, 0.15) is 25.8 Å². The number of benzene rings is 1. The van der Waals surface area contributed by atoms with Gasteiger partial charge in [0.15, 0.2) is 0 Å². The van der Waals surface area contributed by atoms with E-state index < -0.39 is 5.60 Å². The molecule has 1 aliphatic rings. The van der Waals surface area contributed by atoms with Gasteiger partial charge in [-0.05, 0) is 36.0 Å². The predicted molar refractivity (Wildman–Crippen MR) is 58.3 cm³/mol. The molecule has 1 N–H and O–H groups in total. The van der Waals surface area contributed by atoms with E-state index in [0.29, 0.717) is 16.9 Å². The summed E-state index contributed by atoms with van der Waals surface area (Å²) in [6, 6.07) is 7.55. The minimum atomic E-state index is -0.648. The molecule has 3 atom stereocenters. The van der Waals surface area contributed by atoms with Crippen LogP contribution in [0.5, 0.6) is 0 Å². The molecule has 14 heavy (non-hydrogen) atoms. The maximum atomic E-state index is 10.4. The summed E-state index contributed by atoms with van der Waals surface area (Å²) in [5.41, 5.74) is 0.306. The minimum Gasteiger partial charge on any atom is -0.385 e. The van der Waals surface area contributed by atoms with Crippen molar-refractivity contribution < 1.29 is 5.11 Å². The molecule has 0 amide bonds. The molecule has 2 heteroatoms. The summed E-state index contributed by atoms with van der Waals surface area (Å²) >= 11 is 5.90. The van der Waals surface area contributed by atoms with E-state index in [9.17, 15) is 5.11 Å². The van der Waals surface area contributed by atoms with Crippen molar-refractivity contribution in [2.45, 2.75) is 25.9 Å². The first-order chi connectivity index (χ1) is 6.54. The second-order valence-electron chi connectivity index (χ2n) is 4.40. The average molecular weight is 211 g/mol. The second kappa shape index (κ2) is 3.25. The molecule has 1 fully saturated rings. The molecular weight excluding hydrogens is 196 g/mol. The van der Waals surface area contributed by atoms with E-state index in [-0.39, 0.29) is 0 Å². The van der Waals surface area contributed by atoms with Crippen LogP contribution in [0.3, 0.4) is 0 Å². The van der Waals surface area contributed by atoms with Gasteiger partial charge in [0.05, 0.1) is 5.60 Å². The van der Waals surface area contributed by atoms with Crippen LogP contribution < -0.4 is 0 Å². The molecule has 0 spiro atoms. The zero-order chi connectivity index (χ0) is 10.3. The summed E-state index contributed by atoms with van der Waals surface area (Å²) < 4.78 is 0. The maximum Gasteiger partial charge on any atom is 0.0927 e. The first kappa shape index (κ1) is 10.0. The lowest BCUT2D eigenvalue weighted by Crippen LogP contribution is -2.48. The van der Waals surface area contributed by atoms with Gasteiger partial charge in [-0.1, -0.05) is 37.6 Å². The first-order valence-electron chi connectivity index (χ1n) is 5.02. The molecule has 1 aromatic carbocycles. The lowest BCUT2D eigenvalue weighted by atomic mass is 9.60. The topological polar surface area (TPSA) is 20.2 Å². The number of aliphatic hydroxyl groups is 1. The summed E-state index contributed by atoms with van der Waals surface area (Å²) in [7, 11) is 0. The van der Waals surface area contributed by atoms with Crippen molar-refractivity contribution in [1.29, 1.82) is 0 Å². The van der Waals surface area contributed by atoms with Gasteiger partial charge in [0, 0.05) is 5.02 Å². The third-order valence-corrected chi connectivity index (χ3v) is 3.80. The van der Waals surface area contributed by atoms with Crippen molar-refractivity contribution in [3.63, 3.8) is 0 Å². The van der Waals surface area contributed by atoms with E-state index in [1.807, 2.05) is 24.3 Å². The van der Waals surface area contributed by atoms with Crippen LogP contribution in [0.25, 0.3) is 0 Å². The Morgan fingerprint density at radius 2 is 2.14 bits per heavy atom. The third kappa shape index (κ3) is 1.35. The van der Waals surface area contributed by atoms with Crippen LogP contribution >= 0.6 is 11.6 Å². The molecule has 1 aromatic rings. The number of halogens is 1. The van der Waals surface area contributed by atoms with E-state index >= 15 is 0 Å². The van der Waals surface area contributed by atoms with Crippen molar-refractivity contribution >= 4 is 11.6 Å². The van der Waals surface area contributed by atoms with Gasteiger partial charge in [-0.2, -0.15) is 0 Å². The molecule has 0 heterocycles. The quantitative estimate of drug-likeness (QED) is 0.755. The van der Waals surface area contributed by atoms with Gasteiger partial charge in [-0.25, -0.2) is 0 Å². The average Bonchev–Trinajstić information content (AvgIpc) is 2.17. The Morgan fingerprint density at radius 3 is 2.64 bits per heavy atom. The predicted octanol–water partition coefficient (Wildman–Crippen LogP) is 3.20. The molecule has 1 saturated carbocycles. The second-order valence-corrected chi connectivity index (χ2v) is 4.84. The van der Waals surface area contributed by atoms with Crippen molar-refractivity contribution in [1.82, 2.24) is 0 Å². The summed E-state index contributed by atoms with van der Waals surface area (Å²) in [5, 5.41) is 11.1. The van der Waals surface area contributed by atoms with Crippen LogP contribution in [0.2, 0.25) is 5.02 Å². The molecular formula is C12H15ClO. The van der Waals surface area contributed by atoms with Crippen LogP contribution in [0, 0.1) is 11.8 Å². The van der Waals surface area contributed by atoms with E-state index in [2.05, 4.69) is 13.8 Å². The molecule has 0 aliphatic heterocycles. The van der Waals surface area contributed by atoms with Crippen LogP contribution in [-0.2, 0) is 5.60 Å². The van der Waals surface area contributed by atoms with Crippen molar-refractivity contribution in [2.24, 2.45) is 11.8 Å². The normalized spacial score (nSPS) is 36.6. The standard InChI is InChI=1S/C12H15ClO/c1-8-7-12(14,9(8)2)10-4-3-5-11(13)6-10/h3-6,8-9,14H,7H2,1-2H3. The summed E-state index contributed by atoms with van der Waals surface area (Å²) in [5.74, 6) is 0.917. The van der Waals surface area contributed by atoms with Gasteiger partial charge in [0.25, 0.3) is 0 Å². The highest BCUT2D eigenvalue weighted by atomic mass is 35.5. The molecule has 0 aromatic heterocycles. The Morgan fingerprint density at radius 1 is 1.43 bits per heavy atom. The van der Waals surface area contributed by atoms with Crippen LogP contribution in [0.4, 0.5) is 0 Å². The summed E-state index contributed by atoms with van der Waals surface area (Å²) in [6.45, 7) is 4.26. The summed E-state index contributed by atoms with van der Waals surface area (Å²) in [4.78, 5) is 0. The molecule has 0 saturated heterocycles. The molecule has 1 nitrogen and oxygen atoms in total. The van der Waals surface area contributed by atoms with E-state index in [1.54, 1.807) is 0 Å². The Balaban J connectivity index is 2.32. The molecule has 0 radical (unpaired) electrons. The zero-order valence-electron chi connectivity index (χ0n) is 8.50. The number of hydrogen-bond donors (Lipinski definition) is 1. The first-order valence-corrected chi connectivity index (χ1v) is 5.40. The van der Waals surface area contributed by atoms with E-state index in [0.717, 1.165) is 12.0 Å². The number of rotatable bonds is 1. The zero-order valence-corrected chi connectivity index (χ0v) is 9.25. The van der Waals surface area contributed by atoms with Crippen molar-refractivity contribution in [3.05, 3.63) is 34.9 Å². The third-order valence-electron chi connectivity index (χ3n) is 3.56. The highest BCUT2D eigenvalue weighted by Gasteiger charge is 2.48.